The van der Waals surface area contributed by atoms with E-state index in [0.717, 1.165) is 35.4 Å². The molecule has 30 heavy (non-hydrogen) atoms. The Morgan fingerprint density at radius 3 is 2.70 bits per heavy atom. The number of urea groups is 1. The van der Waals surface area contributed by atoms with Crippen LogP contribution in [-0.2, 0) is 23.0 Å². The van der Waals surface area contributed by atoms with Gasteiger partial charge in [-0.05, 0) is 43.2 Å². The van der Waals surface area contributed by atoms with Crippen molar-refractivity contribution in [2.24, 2.45) is 7.05 Å². The highest BCUT2D eigenvalue weighted by atomic mass is 16.5. The van der Waals surface area contributed by atoms with Crippen LogP contribution in [0.25, 0.3) is 11.0 Å². The quantitative estimate of drug-likeness (QED) is 0.585. The van der Waals surface area contributed by atoms with Gasteiger partial charge in [0.25, 0.3) is 0 Å². The van der Waals surface area contributed by atoms with E-state index in [0.29, 0.717) is 25.3 Å². The van der Waals surface area contributed by atoms with Crippen molar-refractivity contribution in [3.63, 3.8) is 0 Å². The first-order valence-corrected chi connectivity index (χ1v) is 10.1. The summed E-state index contributed by atoms with van der Waals surface area (Å²) in [5, 5.41) is 8.54. The molecule has 156 valence electrons. The lowest BCUT2D eigenvalue weighted by molar-refractivity contribution is -0.130. The smallest absolute Gasteiger partial charge is 0.323 e. The summed E-state index contributed by atoms with van der Waals surface area (Å²) < 4.78 is 7.40. The van der Waals surface area contributed by atoms with E-state index in [9.17, 15) is 9.59 Å². The van der Waals surface area contributed by atoms with E-state index in [2.05, 4.69) is 20.9 Å². The third kappa shape index (κ3) is 4.60. The summed E-state index contributed by atoms with van der Waals surface area (Å²) in [4.78, 5) is 28.9. The summed E-state index contributed by atoms with van der Waals surface area (Å²) in [6.45, 7) is 1.16. The van der Waals surface area contributed by atoms with Gasteiger partial charge in [-0.3, -0.25) is 4.79 Å². The molecule has 0 spiro atoms. The molecule has 0 bridgehead atoms. The number of hydrogen-bond acceptors (Lipinski definition) is 4. The first kappa shape index (κ1) is 19.9. The van der Waals surface area contributed by atoms with Crippen LogP contribution in [0.2, 0.25) is 0 Å². The number of rotatable bonds is 6. The molecule has 0 saturated carbocycles. The molecule has 3 N–H and O–H groups in total. The number of hydrogen-bond donors (Lipinski definition) is 3. The van der Waals surface area contributed by atoms with Gasteiger partial charge in [0, 0.05) is 38.0 Å². The van der Waals surface area contributed by atoms with E-state index in [1.165, 1.54) is 0 Å². The Kier molecular flexibility index (Phi) is 5.94. The van der Waals surface area contributed by atoms with Crippen LogP contribution >= 0.6 is 0 Å². The van der Waals surface area contributed by atoms with Gasteiger partial charge in [-0.2, -0.15) is 0 Å². The molecule has 1 aliphatic heterocycles. The Balaban J connectivity index is 1.37. The normalized spacial score (nSPS) is 15.8. The number of anilines is 2. The highest BCUT2D eigenvalue weighted by Crippen LogP contribution is 2.20. The van der Waals surface area contributed by atoms with Crippen LogP contribution in [0.1, 0.15) is 18.7 Å². The maximum absolute atomic E-state index is 12.2. The molecule has 0 unspecified atom stereocenters. The monoisotopic (exact) mass is 407 g/mol. The van der Waals surface area contributed by atoms with Crippen LogP contribution < -0.4 is 16.0 Å². The molecule has 4 rings (SSSR count). The second-order valence-corrected chi connectivity index (χ2v) is 7.28. The molecule has 8 nitrogen and oxygen atoms in total. The highest BCUT2D eigenvalue weighted by molar-refractivity contribution is 6.00. The topological polar surface area (TPSA) is 97.3 Å². The molecule has 2 heterocycles. The van der Waals surface area contributed by atoms with Gasteiger partial charge in [-0.1, -0.05) is 18.2 Å². The van der Waals surface area contributed by atoms with E-state index >= 15 is 0 Å². The largest absolute Gasteiger partial charge is 0.368 e. The molecule has 0 radical (unpaired) electrons. The van der Waals surface area contributed by atoms with Crippen molar-refractivity contribution in [1.82, 2.24) is 14.9 Å². The number of carbonyl (C=O) groups excluding carboxylic acids is 2. The van der Waals surface area contributed by atoms with Crippen molar-refractivity contribution in [2.75, 3.05) is 23.8 Å². The second kappa shape index (κ2) is 8.96. The first-order chi connectivity index (χ1) is 14.6. The van der Waals surface area contributed by atoms with Crippen LogP contribution in [0, 0.1) is 0 Å². The number of amides is 3. The minimum Gasteiger partial charge on any atom is -0.368 e. The maximum atomic E-state index is 12.2. The SMILES string of the molecule is Cn1c(CCNC(=O)[C@@H]2CCCO2)nc2cc(NC(=O)Nc3ccccc3)ccc21. The molecule has 3 amide bonds. The summed E-state index contributed by atoms with van der Waals surface area (Å²) >= 11 is 0. The zero-order valence-electron chi connectivity index (χ0n) is 16.9. The van der Waals surface area contributed by atoms with Crippen LogP contribution in [0.4, 0.5) is 16.2 Å². The van der Waals surface area contributed by atoms with Gasteiger partial charge in [0.05, 0.1) is 11.0 Å². The zero-order valence-corrected chi connectivity index (χ0v) is 16.9. The van der Waals surface area contributed by atoms with Crippen LogP contribution in [0.5, 0.6) is 0 Å². The third-order valence-corrected chi connectivity index (χ3v) is 5.13. The Hall–Kier alpha value is -3.39. The summed E-state index contributed by atoms with van der Waals surface area (Å²) in [5.74, 6) is 0.811. The lowest BCUT2D eigenvalue weighted by atomic mass is 10.2. The molecule has 1 atom stereocenters. The molecule has 0 aliphatic carbocycles. The Labute approximate surface area is 174 Å². The Morgan fingerprint density at radius 1 is 1.13 bits per heavy atom. The number of para-hydroxylation sites is 1. The lowest BCUT2D eigenvalue weighted by Crippen LogP contribution is -2.35. The number of carbonyl (C=O) groups is 2. The number of nitrogens with one attached hydrogen (secondary N) is 3. The van der Waals surface area contributed by atoms with Gasteiger partial charge in [0.15, 0.2) is 0 Å². The predicted molar refractivity (Wildman–Crippen MR) is 115 cm³/mol. The van der Waals surface area contributed by atoms with Gasteiger partial charge in [0.1, 0.15) is 11.9 Å². The number of ether oxygens (including phenoxy) is 1. The van der Waals surface area contributed by atoms with E-state index in [4.69, 9.17) is 4.74 Å². The van der Waals surface area contributed by atoms with E-state index in [1.807, 2.05) is 60.1 Å². The molecule has 1 aromatic heterocycles. The van der Waals surface area contributed by atoms with Gasteiger partial charge in [-0.15, -0.1) is 0 Å². The van der Waals surface area contributed by atoms with E-state index in [-0.39, 0.29) is 18.0 Å². The number of imidazole rings is 1. The lowest BCUT2D eigenvalue weighted by Gasteiger charge is -2.10. The molecule has 2 aromatic carbocycles. The molecule has 8 heteroatoms. The van der Waals surface area contributed by atoms with Crippen LogP contribution in [0.15, 0.2) is 48.5 Å². The molecule has 1 fully saturated rings. The van der Waals surface area contributed by atoms with Gasteiger partial charge in [-0.25, -0.2) is 9.78 Å². The third-order valence-electron chi connectivity index (χ3n) is 5.13. The Morgan fingerprint density at radius 2 is 1.93 bits per heavy atom. The van der Waals surface area contributed by atoms with Gasteiger partial charge in [0.2, 0.25) is 5.91 Å². The average molecular weight is 407 g/mol. The summed E-state index contributed by atoms with van der Waals surface area (Å²) in [5.41, 5.74) is 3.13. The summed E-state index contributed by atoms with van der Waals surface area (Å²) in [6.07, 6.45) is 2.01. The fraction of sp³-hybridized carbons (Fsp3) is 0.318. The van der Waals surface area contributed by atoms with Crippen molar-refractivity contribution in [3.05, 3.63) is 54.4 Å². The number of aryl methyl sites for hydroxylation is 1. The summed E-state index contributed by atoms with van der Waals surface area (Å²) in [6, 6.07) is 14.6. The number of aromatic nitrogens is 2. The fourth-order valence-corrected chi connectivity index (χ4v) is 3.56. The molecule has 1 saturated heterocycles. The minimum atomic E-state index is -0.318. The van der Waals surface area contributed by atoms with Crippen molar-refractivity contribution < 1.29 is 14.3 Å². The standard InChI is InChI=1S/C22H25N5O3/c1-27-18-10-9-16(25-22(29)24-15-6-3-2-4-7-15)14-17(18)26-20(27)11-12-23-21(28)19-8-5-13-30-19/h2-4,6-7,9-10,14,19H,5,8,11-13H2,1H3,(H,23,28)(H2,24,25,29)/t19-/m0/s1. The average Bonchev–Trinajstić information content (AvgIpc) is 3.37. The molecule has 1 aliphatic rings. The van der Waals surface area contributed by atoms with Crippen molar-refractivity contribution in [2.45, 2.75) is 25.4 Å². The number of nitrogens with zero attached hydrogens (tertiary/aromatic N) is 2. The van der Waals surface area contributed by atoms with Crippen molar-refractivity contribution in [1.29, 1.82) is 0 Å². The van der Waals surface area contributed by atoms with Crippen LogP contribution in [0.3, 0.4) is 0 Å². The molecular formula is C22H25N5O3. The van der Waals surface area contributed by atoms with Gasteiger partial charge >= 0.3 is 6.03 Å². The van der Waals surface area contributed by atoms with Gasteiger partial charge < -0.3 is 25.3 Å². The van der Waals surface area contributed by atoms with E-state index in [1.54, 1.807) is 0 Å². The Bertz CT molecular complexity index is 1040. The van der Waals surface area contributed by atoms with E-state index < -0.39 is 0 Å². The number of fused-ring (bicyclic) bond motifs is 1. The molecular weight excluding hydrogens is 382 g/mol. The maximum Gasteiger partial charge on any atom is 0.323 e. The molecule has 3 aromatic rings. The first-order valence-electron chi connectivity index (χ1n) is 10.1. The highest BCUT2D eigenvalue weighted by Gasteiger charge is 2.23. The van der Waals surface area contributed by atoms with Crippen LogP contribution in [-0.4, -0.2) is 40.7 Å². The number of benzene rings is 2. The predicted octanol–water partition coefficient (Wildman–Crippen LogP) is 3.06. The summed E-state index contributed by atoms with van der Waals surface area (Å²) in [7, 11) is 1.95. The minimum absolute atomic E-state index is 0.0535. The fourth-order valence-electron chi connectivity index (χ4n) is 3.56. The van der Waals surface area contributed by atoms with Crippen molar-refractivity contribution >= 4 is 34.3 Å². The second-order valence-electron chi connectivity index (χ2n) is 7.28. The zero-order chi connectivity index (χ0) is 20.9. The van der Waals surface area contributed by atoms with Crippen molar-refractivity contribution in [3.8, 4) is 0 Å².